The molecule has 0 radical (unpaired) electrons. The van der Waals surface area contributed by atoms with Crippen molar-refractivity contribution < 1.29 is 22.4 Å². The lowest BCUT2D eigenvalue weighted by molar-refractivity contribution is 0.468. The van der Waals surface area contributed by atoms with Crippen molar-refractivity contribution in [3.05, 3.63) is 139 Å². The average molecular weight is 581 g/mol. The predicted molar refractivity (Wildman–Crippen MR) is 162 cm³/mol. The molecule has 7 nitrogen and oxygen atoms in total. The Balaban J connectivity index is 1.32. The van der Waals surface area contributed by atoms with Crippen molar-refractivity contribution in [2.24, 2.45) is 0 Å². The third-order valence-electron chi connectivity index (χ3n) is 7.35. The first-order chi connectivity index (χ1) is 20.8. The smallest absolute Gasteiger partial charge is 0.340 e. The highest BCUT2D eigenvalue weighted by atomic mass is 19.1. The summed E-state index contributed by atoms with van der Waals surface area (Å²) in [6, 6.07) is 23.5. The Bertz CT molecular complexity index is 1970. The van der Waals surface area contributed by atoms with Gasteiger partial charge in [0.25, 0.3) is 0 Å². The molecule has 6 rings (SSSR count). The molecule has 0 aliphatic carbocycles. The van der Waals surface area contributed by atoms with Crippen LogP contribution in [0.1, 0.15) is 33.4 Å². The minimum absolute atomic E-state index is 0.157. The summed E-state index contributed by atoms with van der Waals surface area (Å²) >= 11 is 0. The van der Waals surface area contributed by atoms with Gasteiger partial charge in [-0.15, -0.1) is 0 Å². The number of fused-ring (bicyclic) bond motifs is 2. The second kappa shape index (κ2) is 11.4. The monoisotopic (exact) mass is 580 g/mol. The number of nitrogen functional groups attached to an aromatic ring is 2. The van der Waals surface area contributed by atoms with Crippen LogP contribution in [0.4, 0.5) is 20.2 Å². The largest absolute Gasteiger partial charge is 0.457 e. The van der Waals surface area contributed by atoms with Crippen LogP contribution >= 0.6 is 0 Å². The van der Waals surface area contributed by atoms with Crippen LogP contribution in [0.3, 0.4) is 0 Å². The average Bonchev–Trinajstić information content (AvgIpc) is 2.98. The van der Waals surface area contributed by atoms with Crippen LogP contribution in [0.15, 0.2) is 103 Å². The van der Waals surface area contributed by atoms with Gasteiger partial charge < -0.3 is 25.0 Å². The summed E-state index contributed by atoms with van der Waals surface area (Å²) in [7, 11) is 0. The number of hydrogen-bond donors (Lipinski definition) is 2. The van der Waals surface area contributed by atoms with E-state index in [1.165, 1.54) is 12.1 Å². The standard InChI is InChI=1S/C34H26F2N2O5/c35-17-29-25-9-7-23(15-31(25)42-33(39)27(29)13-19-3-1-5-21(37)11-19)41-24-8-10-26-30(18-36)28(34(40)43-32(26)16-24)14-20-4-2-6-22(38)12-20/h1-12,15-16H,13-14,17-18,37-38H2. The van der Waals surface area contributed by atoms with Gasteiger partial charge in [-0.05, 0) is 59.7 Å². The minimum Gasteiger partial charge on any atom is -0.457 e. The number of nitrogens with two attached hydrogens (primary N) is 2. The highest BCUT2D eigenvalue weighted by Crippen LogP contribution is 2.32. The molecule has 0 bridgehead atoms. The quantitative estimate of drug-likeness (QED) is 0.147. The van der Waals surface area contributed by atoms with Crippen LogP contribution in [-0.4, -0.2) is 0 Å². The van der Waals surface area contributed by atoms with Gasteiger partial charge in [-0.1, -0.05) is 24.3 Å². The van der Waals surface area contributed by atoms with Crippen molar-refractivity contribution in [3.63, 3.8) is 0 Å². The Morgan fingerprint density at radius 1 is 0.581 bits per heavy atom. The van der Waals surface area contributed by atoms with Crippen molar-refractivity contribution in [2.75, 3.05) is 11.5 Å². The Kier molecular flexibility index (Phi) is 7.38. The second-order valence-electron chi connectivity index (χ2n) is 10.2. The number of halogens is 2. The Hall–Kier alpha value is -5.44. The molecule has 0 saturated heterocycles. The van der Waals surface area contributed by atoms with Gasteiger partial charge in [0, 0.05) is 69.4 Å². The molecule has 6 aromatic rings. The van der Waals surface area contributed by atoms with E-state index in [4.69, 9.17) is 25.0 Å². The van der Waals surface area contributed by atoms with E-state index in [1.807, 2.05) is 12.1 Å². The number of rotatable bonds is 8. The topological polar surface area (TPSA) is 122 Å². The Labute approximate surface area is 243 Å². The molecule has 2 heterocycles. The van der Waals surface area contributed by atoms with Crippen molar-refractivity contribution in [1.29, 1.82) is 0 Å². The fourth-order valence-corrected chi connectivity index (χ4v) is 5.31. The Morgan fingerprint density at radius 3 is 1.42 bits per heavy atom. The molecule has 0 aliphatic heterocycles. The molecule has 4 N–H and O–H groups in total. The minimum atomic E-state index is -0.861. The van der Waals surface area contributed by atoms with Crippen molar-refractivity contribution >= 4 is 33.3 Å². The molecule has 0 atom stereocenters. The zero-order valence-corrected chi connectivity index (χ0v) is 22.9. The summed E-state index contributed by atoms with van der Waals surface area (Å²) in [5, 5.41) is 0.885. The molecular weight excluding hydrogens is 554 g/mol. The predicted octanol–water partition coefficient (Wildman–Crippen LogP) is 6.98. The van der Waals surface area contributed by atoms with Gasteiger partial charge in [-0.25, -0.2) is 18.4 Å². The van der Waals surface area contributed by atoms with Gasteiger partial charge in [0.1, 0.15) is 36.0 Å². The highest BCUT2D eigenvalue weighted by Gasteiger charge is 2.18. The third-order valence-corrected chi connectivity index (χ3v) is 7.35. The van der Waals surface area contributed by atoms with E-state index in [0.29, 0.717) is 33.6 Å². The first-order valence-electron chi connectivity index (χ1n) is 13.5. The summed E-state index contributed by atoms with van der Waals surface area (Å²) in [6.07, 6.45) is 0.343. The molecule has 0 aliphatic rings. The molecule has 0 fully saturated rings. The molecule has 9 heteroatoms. The van der Waals surface area contributed by atoms with Gasteiger partial charge in [0.2, 0.25) is 0 Å². The van der Waals surface area contributed by atoms with Crippen molar-refractivity contribution in [3.8, 4) is 11.5 Å². The van der Waals surface area contributed by atoms with Crippen LogP contribution in [-0.2, 0) is 26.2 Å². The normalized spacial score (nSPS) is 11.3. The van der Waals surface area contributed by atoms with Gasteiger partial charge in [0.15, 0.2) is 0 Å². The maximum absolute atomic E-state index is 14.2. The molecule has 0 unspecified atom stereocenters. The van der Waals surface area contributed by atoms with Crippen LogP contribution in [0.2, 0.25) is 0 Å². The molecule has 0 saturated carbocycles. The van der Waals surface area contributed by atoms with Crippen molar-refractivity contribution in [1.82, 2.24) is 0 Å². The van der Waals surface area contributed by atoms with E-state index in [0.717, 1.165) is 11.1 Å². The number of alkyl halides is 2. The van der Waals surface area contributed by atoms with E-state index in [9.17, 15) is 18.4 Å². The first-order valence-corrected chi connectivity index (χ1v) is 13.5. The van der Waals surface area contributed by atoms with Gasteiger partial charge in [-0.2, -0.15) is 0 Å². The lowest BCUT2D eigenvalue weighted by atomic mass is 9.99. The number of benzene rings is 4. The lowest BCUT2D eigenvalue weighted by Crippen LogP contribution is -2.12. The number of anilines is 2. The van der Waals surface area contributed by atoms with E-state index >= 15 is 0 Å². The molecule has 216 valence electrons. The lowest BCUT2D eigenvalue weighted by Gasteiger charge is -2.12. The summed E-state index contributed by atoms with van der Waals surface area (Å²) in [4.78, 5) is 25.8. The fraction of sp³-hybridized carbons (Fsp3) is 0.118. The summed E-state index contributed by atoms with van der Waals surface area (Å²) in [5.74, 6) is 0.601. The maximum Gasteiger partial charge on any atom is 0.340 e. The van der Waals surface area contributed by atoms with Gasteiger partial charge in [-0.3, -0.25) is 0 Å². The zero-order chi connectivity index (χ0) is 30.1. The molecule has 0 amide bonds. The Morgan fingerprint density at radius 2 is 1.02 bits per heavy atom. The fourth-order valence-electron chi connectivity index (χ4n) is 5.31. The van der Waals surface area contributed by atoms with E-state index in [1.54, 1.807) is 60.7 Å². The summed E-state index contributed by atoms with van der Waals surface area (Å²) in [6.45, 7) is -1.72. The van der Waals surface area contributed by atoms with Crippen LogP contribution in [0, 0.1) is 0 Å². The van der Waals surface area contributed by atoms with E-state index < -0.39 is 24.6 Å². The molecule has 0 spiro atoms. The summed E-state index contributed by atoms with van der Waals surface area (Å²) in [5.41, 5.74) is 14.2. The molecule has 43 heavy (non-hydrogen) atoms. The molecule has 4 aromatic carbocycles. The summed E-state index contributed by atoms with van der Waals surface area (Å²) < 4.78 is 45.5. The van der Waals surface area contributed by atoms with Gasteiger partial charge >= 0.3 is 11.3 Å². The number of ether oxygens (including phenoxy) is 1. The second-order valence-corrected chi connectivity index (χ2v) is 10.2. The molecular formula is C34H26F2N2O5. The number of hydrogen-bond acceptors (Lipinski definition) is 7. The highest BCUT2D eigenvalue weighted by molar-refractivity contribution is 5.84. The van der Waals surface area contributed by atoms with Gasteiger partial charge in [0.05, 0.1) is 0 Å². The van der Waals surface area contributed by atoms with Crippen LogP contribution in [0.25, 0.3) is 21.9 Å². The van der Waals surface area contributed by atoms with Crippen molar-refractivity contribution in [2.45, 2.75) is 26.2 Å². The first kappa shape index (κ1) is 27.7. The van der Waals surface area contributed by atoms with E-state index in [-0.39, 0.29) is 46.3 Å². The van der Waals surface area contributed by atoms with Crippen LogP contribution < -0.4 is 27.5 Å². The zero-order valence-electron chi connectivity index (χ0n) is 22.9. The van der Waals surface area contributed by atoms with E-state index in [2.05, 4.69) is 0 Å². The maximum atomic E-state index is 14.2. The third kappa shape index (κ3) is 5.57. The molecule has 2 aromatic heterocycles. The van der Waals surface area contributed by atoms with Crippen LogP contribution in [0.5, 0.6) is 11.5 Å². The SMILES string of the molecule is Nc1cccc(Cc2c(CF)c3ccc(Oc4ccc5c(CF)c(Cc6cccc(N)c6)c(=O)oc5c4)cc3oc2=O)c1.